The first-order valence-corrected chi connectivity index (χ1v) is 14.3. The Morgan fingerprint density at radius 1 is 1.05 bits per heavy atom. The number of imidazole rings is 1. The number of aromatic amines is 1. The molecule has 0 saturated heterocycles. The summed E-state index contributed by atoms with van der Waals surface area (Å²) in [6, 6.07) is 7.46. The Bertz CT molecular complexity index is 1410. The Morgan fingerprint density at radius 2 is 1.74 bits per heavy atom. The standard InChI is InChI=1S/C29H43N7O7/c1-6-7-16-42-26-32-24(30)23-25(33-26)36(27(39)31-23)18-20-9-11-21(12-10-20)41-17-8-13-35(19-22(37)38)15-14-34(5)28(40)43-29(2,3)4/h9-12H,6-8,13-19H2,1-5H3,(H,31,39)(H,37,38)(H2,30,32,33). The summed E-state index contributed by atoms with van der Waals surface area (Å²) in [5, 5.41) is 9.29. The molecule has 3 rings (SSSR count). The van der Waals surface area contributed by atoms with E-state index < -0.39 is 17.7 Å². The molecule has 2 aromatic heterocycles. The first kappa shape index (κ1) is 33.2. The van der Waals surface area contributed by atoms with E-state index in [9.17, 15) is 19.5 Å². The number of likely N-dealkylation sites (N-methyl/N-ethyl adjacent to an activating group) is 1. The Labute approximate surface area is 250 Å². The minimum Gasteiger partial charge on any atom is -0.494 e. The fourth-order valence-corrected chi connectivity index (χ4v) is 4.09. The van der Waals surface area contributed by atoms with Crippen molar-refractivity contribution in [1.29, 1.82) is 0 Å². The Morgan fingerprint density at radius 3 is 2.40 bits per heavy atom. The SMILES string of the molecule is CCCCOc1nc(N)c2[nH]c(=O)n(Cc3ccc(OCCCN(CCN(C)C(=O)OC(C)(C)C)CC(=O)O)cc3)c2n1. The van der Waals surface area contributed by atoms with Crippen LogP contribution in [0.5, 0.6) is 11.8 Å². The molecule has 0 fully saturated rings. The minimum atomic E-state index is -0.944. The number of hydrogen-bond donors (Lipinski definition) is 3. The molecule has 0 spiro atoms. The Balaban J connectivity index is 1.53. The number of carboxylic acids is 1. The van der Waals surface area contributed by atoms with Gasteiger partial charge in [-0.15, -0.1) is 0 Å². The molecule has 0 atom stereocenters. The molecule has 0 aliphatic rings. The van der Waals surface area contributed by atoms with Crippen LogP contribution in [0.4, 0.5) is 10.6 Å². The van der Waals surface area contributed by atoms with Crippen molar-refractivity contribution in [3.63, 3.8) is 0 Å². The van der Waals surface area contributed by atoms with E-state index in [1.54, 1.807) is 32.7 Å². The number of carbonyl (C=O) groups is 2. The number of benzene rings is 1. The smallest absolute Gasteiger partial charge is 0.410 e. The summed E-state index contributed by atoms with van der Waals surface area (Å²) in [4.78, 5) is 50.6. The number of unbranched alkanes of at least 4 members (excludes halogenated alkanes) is 1. The molecule has 0 aliphatic carbocycles. The second-order valence-corrected chi connectivity index (χ2v) is 11.2. The van der Waals surface area contributed by atoms with Crippen molar-refractivity contribution in [3.8, 4) is 11.8 Å². The first-order chi connectivity index (χ1) is 20.4. The highest BCUT2D eigenvalue weighted by Crippen LogP contribution is 2.20. The number of nitrogens with two attached hydrogens (primary N) is 1. The molecule has 0 aliphatic heterocycles. The van der Waals surface area contributed by atoms with Crippen LogP contribution in [0, 0.1) is 0 Å². The normalized spacial score (nSPS) is 11.6. The number of fused-ring (bicyclic) bond motifs is 1. The van der Waals surface area contributed by atoms with Crippen LogP contribution in [-0.4, -0.2) is 98.5 Å². The van der Waals surface area contributed by atoms with Gasteiger partial charge in [-0.1, -0.05) is 25.5 Å². The number of hydrogen-bond acceptors (Lipinski definition) is 10. The lowest BCUT2D eigenvalue weighted by molar-refractivity contribution is -0.138. The van der Waals surface area contributed by atoms with E-state index in [2.05, 4.69) is 21.9 Å². The summed E-state index contributed by atoms with van der Waals surface area (Å²) in [6.45, 7) is 9.56. The molecule has 1 aromatic carbocycles. The number of rotatable bonds is 16. The molecule has 14 nitrogen and oxygen atoms in total. The molecule has 236 valence electrons. The van der Waals surface area contributed by atoms with Gasteiger partial charge in [-0.2, -0.15) is 9.97 Å². The zero-order chi connectivity index (χ0) is 31.6. The van der Waals surface area contributed by atoms with Gasteiger partial charge in [0.15, 0.2) is 11.5 Å². The number of nitrogen functional groups attached to an aromatic ring is 1. The van der Waals surface area contributed by atoms with Crippen LogP contribution in [0.25, 0.3) is 11.2 Å². The van der Waals surface area contributed by atoms with E-state index in [0.717, 1.165) is 18.4 Å². The van der Waals surface area contributed by atoms with E-state index in [1.165, 1.54) is 9.47 Å². The third-order valence-electron chi connectivity index (χ3n) is 6.33. The van der Waals surface area contributed by atoms with Crippen molar-refractivity contribution in [2.45, 2.75) is 59.1 Å². The van der Waals surface area contributed by atoms with Gasteiger partial charge in [0, 0.05) is 26.7 Å². The van der Waals surface area contributed by atoms with Crippen molar-refractivity contribution >= 4 is 29.0 Å². The summed E-state index contributed by atoms with van der Waals surface area (Å²) in [5.41, 5.74) is 6.65. The molecule has 0 saturated carbocycles. The van der Waals surface area contributed by atoms with Crippen LogP contribution in [0.3, 0.4) is 0 Å². The predicted octanol–water partition coefficient (Wildman–Crippen LogP) is 2.95. The summed E-state index contributed by atoms with van der Waals surface area (Å²) in [6.07, 6.45) is 1.94. The molecular formula is C29H43N7O7. The predicted molar refractivity (Wildman–Crippen MR) is 162 cm³/mol. The lowest BCUT2D eigenvalue weighted by Gasteiger charge is -2.27. The molecule has 3 aromatic rings. The third kappa shape index (κ3) is 10.5. The molecular weight excluding hydrogens is 558 g/mol. The maximum absolute atomic E-state index is 12.7. The monoisotopic (exact) mass is 601 g/mol. The van der Waals surface area contributed by atoms with Crippen LogP contribution >= 0.6 is 0 Å². The van der Waals surface area contributed by atoms with Gasteiger partial charge in [-0.05, 0) is 51.3 Å². The van der Waals surface area contributed by atoms with Crippen molar-refractivity contribution in [2.24, 2.45) is 0 Å². The molecule has 0 bridgehead atoms. The van der Waals surface area contributed by atoms with Crippen LogP contribution in [0.2, 0.25) is 0 Å². The van der Waals surface area contributed by atoms with Crippen molar-refractivity contribution < 1.29 is 28.9 Å². The van der Waals surface area contributed by atoms with Gasteiger partial charge in [0.1, 0.15) is 16.9 Å². The first-order valence-electron chi connectivity index (χ1n) is 14.3. The molecule has 0 radical (unpaired) electrons. The number of anilines is 1. The van der Waals surface area contributed by atoms with E-state index in [0.29, 0.717) is 56.2 Å². The van der Waals surface area contributed by atoms with Gasteiger partial charge in [-0.3, -0.25) is 14.3 Å². The van der Waals surface area contributed by atoms with Crippen LogP contribution in [-0.2, 0) is 16.1 Å². The van der Waals surface area contributed by atoms with Gasteiger partial charge >= 0.3 is 23.8 Å². The number of ether oxygens (including phenoxy) is 3. The highest BCUT2D eigenvalue weighted by Gasteiger charge is 2.20. The third-order valence-corrected chi connectivity index (χ3v) is 6.33. The van der Waals surface area contributed by atoms with Crippen molar-refractivity contribution in [2.75, 3.05) is 52.2 Å². The lowest BCUT2D eigenvalue weighted by Crippen LogP contribution is -2.41. The lowest BCUT2D eigenvalue weighted by atomic mass is 10.2. The highest BCUT2D eigenvalue weighted by atomic mass is 16.6. The average molecular weight is 602 g/mol. The summed E-state index contributed by atoms with van der Waals surface area (Å²) in [5.74, 6) is -0.157. The maximum atomic E-state index is 12.7. The highest BCUT2D eigenvalue weighted by molar-refractivity contribution is 5.82. The number of aliphatic carboxylic acids is 1. The van der Waals surface area contributed by atoms with E-state index in [4.69, 9.17) is 19.9 Å². The Hall–Kier alpha value is -4.33. The molecule has 0 unspecified atom stereocenters. The average Bonchev–Trinajstić information content (AvgIpc) is 3.24. The topological polar surface area (TPSA) is 178 Å². The molecule has 14 heteroatoms. The summed E-state index contributed by atoms with van der Waals surface area (Å²) >= 11 is 0. The number of aromatic nitrogens is 4. The van der Waals surface area contributed by atoms with E-state index >= 15 is 0 Å². The van der Waals surface area contributed by atoms with Gasteiger partial charge in [0.05, 0.1) is 26.3 Å². The molecule has 43 heavy (non-hydrogen) atoms. The van der Waals surface area contributed by atoms with Crippen LogP contribution in [0.1, 0.15) is 52.5 Å². The maximum Gasteiger partial charge on any atom is 0.410 e. The molecule has 2 heterocycles. The summed E-state index contributed by atoms with van der Waals surface area (Å²) < 4.78 is 18.3. The zero-order valence-corrected chi connectivity index (χ0v) is 25.6. The van der Waals surface area contributed by atoms with Gasteiger partial charge in [0.2, 0.25) is 0 Å². The fraction of sp³-hybridized carbons (Fsp3) is 0.552. The van der Waals surface area contributed by atoms with Crippen LogP contribution in [0.15, 0.2) is 29.1 Å². The molecule has 1 amide bonds. The second-order valence-electron chi connectivity index (χ2n) is 11.2. The minimum absolute atomic E-state index is 0.131. The van der Waals surface area contributed by atoms with E-state index in [-0.39, 0.29) is 30.6 Å². The van der Waals surface area contributed by atoms with Crippen molar-refractivity contribution in [1.82, 2.24) is 29.3 Å². The largest absolute Gasteiger partial charge is 0.494 e. The zero-order valence-electron chi connectivity index (χ0n) is 25.6. The summed E-state index contributed by atoms with van der Waals surface area (Å²) in [7, 11) is 1.62. The van der Waals surface area contributed by atoms with Crippen molar-refractivity contribution in [3.05, 3.63) is 40.3 Å². The van der Waals surface area contributed by atoms with Gasteiger partial charge in [0.25, 0.3) is 0 Å². The van der Waals surface area contributed by atoms with E-state index in [1.807, 2.05) is 24.3 Å². The van der Waals surface area contributed by atoms with Crippen LogP contribution < -0.4 is 20.9 Å². The quantitative estimate of drug-likeness (QED) is 0.206. The Kier molecular flexibility index (Phi) is 11.8. The molecule has 4 N–H and O–H groups in total. The number of nitrogens with zero attached hydrogens (tertiary/aromatic N) is 5. The number of carboxylic acid groups (broad SMARTS) is 1. The fourth-order valence-electron chi connectivity index (χ4n) is 4.09. The second kappa shape index (κ2) is 15.2. The van der Waals surface area contributed by atoms with Gasteiger partial charge in [-0.25, -0.2) is 9.59 Å². The number of amides is 1. The number of H-pyrrole nitrogens is 1. The number of carbonyl (C=O) groups excluding carboxylic acids is 1. The number of nitrogens with one attached hydrogen (secondary N) is 1. The van der Waals surface area contributed by atoms with Gasteiger partial charge < -0.3 is 34.9 Å².